The summed E-state index contributed by atoms with van der Waals surface area (Å²) in [6.45, 7) is 3.92. The molecule has 0 spiro atoms. The molecular weight excluding hydrogens is 230 g/mol. The number of benzene rings is 1. The van der Waals surface area contributed by atoms with Crippen molar-refractivity contribution < 1.29 is 14.6 Å². The molecule has 18 heavy (non-hydrogen) atoms. The van der Waals surface area contributed by atoms with E-state index >= 15 is 0 Å². The van der Waals surface area contributed by atoms with Gasteiger partial charge in [0, 0.05) is 11.6 Å². The quantitative estimate of drug-likeness (QED) is 0.781. The van der Waals surface area contributed by atoms with Crippen molar-refractivity contribution in [2.75, 3.05) is 0 Å². The summed E-state index contributed by atoms with van der Waals surface area (Å²) in [6.07, 6.45) is 1.23. The molecule has 0 aliphatic rings. The molecule has 0 fully saturated rings. The maximum atomic E-state index is 11.1. The van der Waals surface area contributed by atoms with Gasteiger partial charge in [-0.25, -0.2) is 4.79 Å². The third-order valence-corrected chi connectivity index (χ3v) is 2.85. The molecule has 0 heterocycles. The Bertz CT molecular complexity index is 392. The maximum Gasteiger partial charge on any atom is 0.344 e. The Balaban J connectivity index is 2.91. The molecule has 0 bridgehead atoms. The Labute approximate surface area is 108 Å². The average Bonchev–Trinajstić information content (AvgIpc) is 2.37. The van der Waals surface area contributed by atoms with Crippen LogP contribution in [0.15, 0.2) is 24.3 Å². The molecular formula is C14H21NO3. The minimum Gasteiger partial charge on any atom is -0.479 e. The van der Waals surface area contributed by atoms with E-state index in [2.05, 4.69) is 0 Å². The summed E-state index contributed by atoms with van der Waals surface area (Å²) in [5.74, 6) is -0.357. The number of para-hydroxylation sites is 1. The van der Waals surface area contributed by atoms with Crippen molar-refractivity contribution in [3.63, 3.8) is 0 Å². The second-order valence-electron chi connectivity index (χ2n) is 4.29. The van der Waals surface area contributed by atoms with Crippen LogP contribution in [-0.4, -0.2) is 17.2 Å². The summed E-state index contributed by atoms with van der Waals surface area (Å²) < 4.78 is 5.59. The fourth-order valence-electron chi connectivity index (χ4n) is 1.76. The lowest BCUT2D eigenvalue weighted by atomic mass is 10.0. The van der Waals surface area contributed by atoms with Gasteiger partial charge in [-0.15, -0.1) is 0 Å². The van der Waals surface area contributed by atoms with Crippen molar-refractivity contribution in [2.24, 2.45) is 5.73 Å². The van der Waals surface area contributed by atoms with Crippen molar-refractivity contribution in [1.29, 1.82) is 0 Å². The van der Waals surface area contributed by atoms with Crippen LogP contribution in [0.4, 0.5) is 0 Å². The minimum absolute atomic E-state index is 0.128. The van der Waals surface area contributed by atoms with E-state index in [1.54, 1.807) is 6.07 Å². The van der Waals surface area contributed by atoms with Gasteiger partial charge in [0.1, 0.15) is 5.75 Å². The molecule has 0 saturated heterocycles. The van der Waals surface area contributed by atoms with E-state index < -0.39 is 12.1 Å². The molecule has 0 saturated carbocycles. The van der Waals surface area contributed by atoms with E-state index in [0.717, 1.165) is 18.4 Å². The molecule has 3 N–H and O–H groups in total. The predicted octanol–water partition coefficient (Wildman–Crippen LogP) is 2.73. The molecule has 4 heteroatoms. The Kier molecular flexibility index (Phi) is 5.65. The van der Waals surface area contributed by atoms with Crippen LogP contribution >= 0.6 is 0 Å². The largest absolute Gasteiger partial charge is 0.479 e. The second-order valence-corrected chi connectivity index (χ2v) is 4.29. The van der Waals surface area contributed by atoms with Gasteiger partial charge in [0.05, 0.1) is 0 Å². The number of ether oxygens (including phenoxy) is 1. The zero-order chi connectivity index (χ0) is 13.5. The van der Waals surface area contributed by atoms with E-state index in [9.17, 15) is 4.79 Å². The van der Waals surface area contributed by atoms with E-state index in [1.807, 2.05) is 32.0 Å². The van der Waals surface area contributed by atoms with Crippen LogP contribution in [0.1, 0.15) is 44.7 Å². The predicted molar refractivity (Wildman–Crippen MR) is 70.6 cm³/mol. The normalized spacial score (nSPS) is 13.9. The fraction of sp³-hybridized carbons (Fsp3) is 0.500. The molecule has 0 amide bonds. The first-order valence-corrected chi connectivity index (χ1v) is 6.34. The van der Waals surface area contributed by atoms with Gasteiger partial charge < -0.3 is 15.6 Å². The molecule has 0 radical (unpaired) electrons. The smallest absolute Gasteiger partial charge is 0.344 e. The lowest BCUT2D eigenvalue weighted by Gasteiger charge is -2.19. The van der Waals surface area contributed by atoms with E-state index in [-0.39, 0.29) is 6.04 Å². The Morgan fingerprint density at radius 2 is 2.06 bits per heavy atom. The van der Waals surface area contributed by atoms with Crippen molar-refractivity contribution in [2.45, 2.75) is 45.3 Å². The Morgan fingerprint density at radius 3 is 2.61 bits per heavy atom. The minimum atomic E-state index is -0.934. The monoisotopic (exact) mass is 251 g/mol. The van der Waals surface area contributed by atoms with Crippen LogP contribution in [0, 0.1) is 0 Å². The molecule has 0 aliphatic heterocycles. The van der Waals surface area contributed by atoms with E-state index in [4.69, 9.17) is 15.6 Å². The Morgan fingerprint density at radius 1 is 1.39 bits per heavy atom. The van der Waals surface area contributed by atoms with Crippen LogP contribution < -0.4 is 10.5 Å². The molecule has 1 aromatic carbocycles. The summed E-state index contributed by atoms with van der Waals surface area (Å²) >= 11 is 0. The maximum absolute atomic E-state index is 11.1. The first-order valence-electron chi connectivity index (χ1n) is 6.34. The highest BCUT2D eigenvalue weighted by molar-refractivity contribution is 5.72. The first-order chi connectivity index (χ1) is 8.60. The van der Waals surface area contributed by atoms with Gasteiger partial charge in [0.2, 0.25) is 0 Å². The highest BCUT2D eigenvalue weighted by Gasteiger charge is 2.20. The molecule has 1 unspecified atom stereocenters. The number of rotatable bonds is 7. The highest BCUT2D eigenvalue weighted by Crippen LogP contribution is 2.26. The molecule has 4 nitrogen and oxygen atoms in total. The van der Waals surface area contributed by atoms with Gasteiger partial charge in [-0.1, -0.05) is 38.5 Å². The standard InChI is InChI=1S/C14H21NO3/c1-3-7-13(14(16)17)18-12-9-6-5-8-10(12)11(15)4-2/h5-6,8-9,11,13H,3-4,7,15H2,1-2H3,(H,16,17)/t11-,13?/m0/s1. The van der Waals surface area contributed by atoms with Gasteiger partial charge in [-0.2, -0.15) is 0 Å². The SMILES string of the molecule is CCCC(Oc1ccccc1[C@@H](N)CC)C(=O)O. The number of hydrogen-bond acceptors (Lipinski definition) is 3. The van der Waals surface area contributed by atoms with E-state index in [1.165, 1.54) is 0 Å². The molecule has 1 rings (SSSR count). The average molecular weight is 251 g/mol. The van der Waals surface area contributed by atoms with Crippen molar-refractivity contribution in [3.8, 4) is 5.75 Å². The van der Waals surface area contributed by atoms with Gasteiger partial charge in [-0.3, -0.25) is 0 Å². The van der Waals surface area contributed by atoms with Gasteiger partial charge in [-0.05, 0) is 18.9 Å². The highest BCUT2D eigenvalue weighted by atomic mass is 16.5. The number of hydrogen-bond donors (Lipinski definition) is 2. The van der Waals surface area contributed by atoms with Gasteiger partial charge >= 0.3 is 5.97 Å². The number of aliphatic carboxylic acids is 1. The molecule has 2 atom stereocenters. The molecule has 0 aliphatic carbocycles. The molecule has 100 valence electrons. The number of carbonyl (C=O) groups is 1. The van der Waals surface area contributed by atoms with Crippen LogP contribution in [0.25, 0.3) is 0 Å². The number of nitrogens with two attached hydrogens (primary N) is 1. The van der Waals surface area contributed by atoms with E-state index in [0.29, 0.717) is 12.2 Å². The van der Waals surface area contributed by atoms with Gasteiger partial charge in [0.15, 0.2) is 6.10 Å². The van der Waals surface area contributed by atoms with Crippen LogP contribution in [0.3, 0.4) is 0 Å². The lowest BCUT2D eigenvalue weighted by molar-refractivity contribution is -0.145. The van der Waals surface area contributed by atoms with Crippen LogP contribution in [0.5, 0.6) is 5.75 Å². The molecule has 0 aromatic heterocycles. The number of carboxylic acids is 1. The number of carboxylic acid groups (broad SMARTS) is 1. The summed E-state index contributed by atoms with van der Waals surface area (Å²) in [4.78, 5) is 11.1. The molecule has 1 aromatic rings. The first kappa shape index (κ1) is 14.5. The zero-order valence-corrected chi connectivity index (χ0v) is 10.9. The lowest BCUT2D eigenvalue weighted by Crippen LogP contribution is -2.27. The Hall–Kier alpha value is -1.55. The summed E-state index contributed by atoms with van der Waals surface area (Å²) in [5, 5.41) is 9.10. The zero-order valence-electron chi connectivity index (χ0n) is 10.9. The topological polar surface area (TPSA) is 72.5 Å². The van der Waals surface area contributed by atoms with Crippen molar-refractivity contribution >= 4 is 5.97 Å². The third kappa shape index (κ3) is 3.74. The second kappa shape index (κ2) is 7.01. The third-order valence-electron chi connectivity index (χ3n) is 2.85. The van der Waals surface area contributed by atoms with Crippen LogP contribution in [0.2, 0.25) is 0 Å². The summed E-state index contributed by atoms with van der Waals surface area (Å²) in [7, 11) is 0. The fourth-order valence-corrected chi connectivity index (χ4v) is 1.76. The summed E-state index contributed by atoms with van der Waals surface area (Å²) in [5.41, 5.74) is 6.86. The van der Waals surface area contributed by atoms with Crippen molar-refractivity contribution in [1.82, 2.24) is 0 Å². The van der Waals surface area contributed by atoms with Crippen LogP contribution in [-0.2, 0) is 4.79 Å². The van der Waals surface area contributed by atoms with Gasteiger partial charge in [0.25, 0.3) is 0 Å². The summed E-state index contributed by atoms with van der Waals surface area (Å²) in [6, 6.07) is 7.24. The van der Waals surface area contributed by atoms with Crippen molar-refractivity contribution in [3.05, 3.63) is 29.8 Å².